The molecule has 1 atom stereocenters. The van der Waals surface area contributed by atoms with Crippen molar-refractivity contribution in [2.24, 2.45) is 12.8 Å². The van der Waals surface area contributed by atoms with Gasteiger partial charge in [-0.25, -0.2) is 0 Å². The van der Waals surface area contributed by atoms with Gasteiger partial charge < -0.3 is 25.6 Å². The molecule has 1 aliphatic heterocycles. The molecule has 0 fully saturated rings. The first-order valence-corrected chi connectivity index (χ1v) is 11.5. The van der Waals surface area contributed by atoms with Crippen LogP contribution in [-0.2, 0) is 17.4 Å². The molecular formula is C28H28N4O3. The number of primary amides is 1. The van der Waals surface area contributed by atoms with Gasteiger partial charge in [0.05, 0.1) is 22.9 Å². The zero-order chi connectivity index (χ0) is 24.9. The maximum Gasteiger partial charge on any atom is 0.257 e. The van der Waals surface area contributed by atoms with Crippen LogP contribution in [0.3, 0.4) is 0 Å². The molecule has 0 saturated heterocycles. The van der Waals surface area contributed by atoms with E-state index >= 15 is 0 Å². The van der Waals surface area contributed by atoms with Crippen molar-refractivity contribution in [3.63, 3.8) is 0 Å². The van der Waals surface area contributed by atoms with E-state index in [9.17, 15) is 14.7 Å². The molecule has 178 valence electrons. The maximum absolute atomic E-state index is 13.7. The molecule has 2 amide bonds. The van der Waals surface area contributed by atoms with Crippen molar-refractivity contribution in [1.29, 1.82) is 0 Å². The largest absolute Gasteiger partial charge is 0.386 e. The third-order valence-electron chi connectivity index (χ3n) is 6.58. The van der Waals surface area contributed by atoms with E-state index in [1.807, 2.05) is 80.0 Å². The first-order valence-electron chi connectivity index (χ1n) is 11.5. The zero-order valence-corrected chi connectivity index (χ0v) is 19.9. The Kier molecular flexibility index (Phi) is 5.37. The van der Waals surface area contributed by atoms with E-state index in [0.29, 0.717) is 16.8 Å². The number of benzene rings is 3. The Bertz CT molecular complexity index is 1460. The molecule has 4 aromatic rings. The van der Waals surface area contributed by atoms with Gasteiger partial charge in [0.1, 0.15) is 6.54 Å². The molecule has 0 spiro atoms. The summed E-state index contributed by atoms with van der Waals surface area (Å²) in [4.78, 5) is 27.2. The van der Waals surface area contributed by atoms with Crippen LogP contribution in [0.1, 0.15) is 46.9 Å². The van der Waals surface area contributed by atoms with Gasteiger partial charge in [-0.15, -0.1) is 0 Å². The Balaban J connectivity index is 1.63. The molecule has 1 unspecified atom stereocenters. The van der Waals surface area contributed by atoms with Crippen molar-refractivity contribution < 1.29 is 14.7 Å². The predicted octanol–water partition coefficient (Wildman–Crippen LogP) is 4.18. The molecule has 1 aromatic heterocycles. The van der Waals surface area contributed by atoms with Gasteiger partial charge in [0.15, 0.2) is 0 Å². The van der Waals surface area contributed by atoms with E-state index in [4.69, 9.17) is 5.73 Å². The number of hydrogen-bond acceptors (Lipinski definition) is 4. The highest BCUT2D eigenvalue weighted by Crippen LogP contribution is 2.44. The van der Waals surface area contributed by atoms with E-state index in [0.717, 1.165) is 27.7 Å². The monoisotopic (exact) mass is 468 g/mol. The van der Waals surface area contributed by atoms with Gasteiger partial charge in [-0.1, -0.05) is 36.4 Å². The minimum Gasteiger partial charge on any atom is -0.386 e. The van der Waals surface area contributed by atoms with E-state index in [1.165, 1.54) is 4.90 Å². The quantitative estimate of drug-likeness (QED) is 0.395. The van der Waals surface area contributed by atoms with Crippen LogP contribution in [0, 0.1) is 0 Å². The summed E-state index contributed by atoms with van der Waals surface area (Å²) in [5.74, 6) is -0.876. The number of nitrogens with two attached hydrogens (primary N) is 1. The molecule has 0 saturated carbocycles. The first kappa shape index (κ1) is 22.7. The highest BCUT2D eigenvalue weighted by atomic mass is 16.3. The van der Waals surface area contributed by atoms with E-state index in [1.54, 1.807) is 13.8 Å². The van der Waals surface area contributed by atoms with E-state index in [2.05, 4.69) is 9.88 Å². The van der Waals surface area contributed by atoms with Crippen molar-refractivity contribution in [3.05, 3.63) is 95.2 Å². The molecule has 0 radical (unpaired) electrons. The molecule has 0 bridgehead atoms. The van der Waals surface area contributed by atoms with Crippen LogP contribution in [0.15, 0.2) is 72.9 Å². The van der Waals surface area contributed by atoms with Crippen molar-refractivity contribution in [3.8, 4) is 0 Å². The number of nitrogens with zero attached hydrogens (tertiary/aromatic N) is 2. The molecule has 4 N–H and O–H groups in total. The lowest BCUT2D eigenvalue weighted by Crippen LogP contribution is -2.37. The smallest absolute Gasteiger partial charge is 0.257 e. The van der Waals surface area contributed by atoms with Gasteiger partial charge >= 0.3 is 0 Å². The number of fused-ring (bicyclic) bond motifs is 2. The zero-order valence-electron chi connectivity index (χ0n) is 19.9. The van der Waals surface area contributed by atoms with Gasteiger partial charge in [-0.2, -0.15) is 0 Å². The molecule has 35 heavy (non-hydrogen) atoms. The lowest BCUT2D eigenvalue weighted by atomic mass is 9.87. The average Bonchev–Trinajstić information content (AvgIpc) is 3.30. The topological polar surface area (TPSA) is 101 Å². The maximum atomic E-state index is 13.7. The Hall–Kier alpha value is -4.10. The van der Waals surface area contributed by atoms with Crippen molar-refractivity contribution in [2.75, 3.05) is 11.9 Å². The summed E-state index contributed by atoms with van der Waals surface area (Å²) in [7, 11) is 2.00. The first-order chi connectivity index (χ1) is 16.6. The van der Waals surface area contributed by atoms with Crippen LogP contribution >= 0.6 is 0 Å². The summed E-state index contributed by atoms with van der Waals surface area (Å²) >= 11 is 0. The number of nitrogens with one attached hydrogen (secondary N) is 1. The summed E-state index contributed by atoms with van der Waals surface area (Å²) in [6.45, 7) is 3.19. The summed E-state index contributed by atoms with van der Waals surface area (Å²) < 4.78 is 2.05. The van der Waals surface area contributed by atoms with Gasteiger partial charge in [0.25, 0.3) is 5.91 Å². The van der Waals surface area contributed by atoms with E-state index in [-0.39, 0.29) is 12.5 Å². The van der Waals surface area contributed by atoms with Crippen LogP contribution in [0.4, 0.5) is 11.4 Å². The number of anilines is 2. The second-order valence-electron chi connectivity index (χ2n) is 9.54. The van der Waals surface area contributed by atoms with Crippen LogP contribution < -0.4 is 11.1 Å². The van der Waals surface area contributed by atoms with Gasteiger partial charge in [-0.05, 0) is 60.9 Å². The number of hydrogen-bond donors (Lipinski definition) is 3. The number of rotatable bonds is 6. The van der Waals surface area contributed by atoms with Crippen LogP contribution in [0.2, 0.25) is 0 Å². The van der Waals surface area contributed by atoms with Gasteiger partial charge in [-0.3, -0.25) is 9.59 Å². The molecule has 5 rings (SSSR count). The number of aromatic nitrogens is 1. The second-order valence-corrected chi connectivity index (χ2v) is 9.54. The summed E-state index contributed by atoms with van der Waals surface area (Å²) in [6, 6.07) is 20.6. The van der Waals surface area contributed by atoms with Crippen LogP contribution in [-0.4, -0.2) is 32.9 Å². The minimum absolute atomic E-state index is 0.228. The average molecular weight is 469 g/mol. The number of carbonyl (C=O) groups excluding carboxylic acids is 2. The Labute approximate surface area is 203 Å². The number of aryl methyl sites for hydroxylation is 1. The highest BCUT2D eigenvalue weighted by molar-refractivity contribution is 6.06. The number of carbonyl (C=O) groups is 2. The fourth-order valence-corrected chi connectivity index (χ4v) is 5.04. The Morgan fingerprint density at radius 2 is 1.80 bits per heavy atom. The van der Waals surface area contributed by atoms with Crippen molar-refractivity contribution >= 4 is 34.1 Å². The Morgan fingerprint density at radius 3 is 2.54 bits per heavy atom. The minimum atomic E-state index is -1.14. The predicted molar refractivity (Wildman–Crippen MR) is 136 cm³/mol. The highest BCUT2D eigenvalue weighted by Gasteiger charge is 2.41. The molecule has 1 aliphatic rings. The summed E-state index contributed by atoms with van der Waals surface area (Å²) in [5, 5.41) is 15.3. The van der Waals surface area contributed by atoms with E-state index < -0.39 is 17.6 Å². The standard InChI is InChI=1S/C28H28N4O3/c1-28(2,35)21-9-5-4-7-19(21)26-20-8-6-10-22(25(20)27(34)32(26)16-24(29)33)30-18-11-12-23-17(15-18)13-14-31(23)3/h4-15,26,30,35H,16H2,1-3H3,(H2,29,33). The molecule has 2 heterocycles. The van der Waals surface area contributed by atoms with Gasteiger partial charge in [0, 0.05) is 29.8 Å². The summed E-state index contributed by atoms with van der Waals surface area (Å²) in [5.41, 5.74) is 9.74. The summed E-state index contributed by atoms with van der Waals surface area (Å²) in [6.07, 6.45) is 2.00. The normalized spacial score (nSPS) is 15.5. The van der Waals surface area contributed by atoms with Crippen LogP contribution in [0.5, 0.6) is 0 Å². The molecule has 7 heteroatoms. The molecule has 7 nitrogen and oxygen atoms in total. The number of aliphatic hydroxyl groups is 1. The molecule has 0 aliphatic carbocycles. The molecular weight excluding hydrogens is 440 g/mol. The SMILES string of the molecule is Cn1ccc2cc(Nc3cccc4c3C(=O)N(CC(N)=O)C4c3ccccc3C(C)(C)O)ccc21. The lowest BCUT2D eigenvalue weighted by molar-refractivity contribution is -0.118. The van der Waals surface area contributed by atoms with Crippen LogP contribution in [0.25, 0.3) is 10.9 Å². The number of amides is 2. The van der Waals surface area contributed by atoms with Crippen molar-refractivity contribution in [1.82, 2.24) is 9.47 Å². The lowest BCUT2D eigenvalue weighted by Gasteiger charge is -2.30. The van der Waals surface area contributed by atoms with Crippen molar-refractivity contribution in [2.45, 2.75) is 25.5 Å². The Morgan fingerprint density at radius 1 is 1.06 bits per heavy atom. The third kappa shape index (κ3) is 3.94. The molecule has 3 aromatic carbocycles. The second kappa shape index (κ2) is 8.29. The van der Waals surface area contributed by atoms with Gasteiger partial charge in [0.2, 0.25) is 5.91 Å². The fourth-order valence-electron chi connectivity index (χ4n) is 5.04. The fraction of sp³-hybridized carbons (Fsp3) is 0.214. The third-order valence-corrected chi connectivity index (χ3v) is 6.58.